The third-order valence-electron chi connectivity index (χ3n) is 3.34. The molecule has 3 aromatic rings. The number of nitrogens with two attached hydrogens (primary N) is 1. The molecule has 0 radical (unpaired) electrons. The molecule has 0 aliphatic heterocycles. The van der Waals surface area contributed by atoms with Gasteiger partial charge in [-0.3, -0.25) is 0 Å². The van der Waals surface area contributed by atoms with Crippen molar-refractivity contribution in [1.29, 1.82) is 0 Å². The van der Waals surface area contributed by atoms with E-state index >= 15 is 0 Å². The highest BCUT2D eigenvalue weighted by Gasteiger charge is 2.10. The molecule has 0 aliphatic rings. The first-order valence-electron chi connectivity index (χ1n) is 6.09. The number of benzene rings is 2. The van der Waals surface area contributed by atoms with Crippen molar-refractivity contribution in [3.63, 3.8) is 0 Å². The van der Waals surface area contributed by atoms with Crippen LogP contribution in [0.4, 0.5) is 10.1 Å². The molecule has 96 valence electrons. The molecule has 3 nitrogen and oxygen atoms in total. The summed E-state index contributed by atoms with van der Waals surface area (Å²) >= 11 is 0. The largest absolute Gasteiger partial charge is 0.398 e. The number of fused-ring (bicyclic) bond motifs is 1. The van der Waals surface area contributed by atoms with E-state index in [2.05, 4.69) is 4.98 Å². The highest BCUT2D eigenvalue weighted by molar-refractivity contribution is 5.76. The van der Waals surface area contributed by atoms with Crippen molar-refractivity contribution in [2.24, 2.45) is 7.05 Å². The Morgan fingerprint density at radius 3 is 2.79 bits per heavy atom. The Kier molecular flexibility index (Phi) is 2.71. The molecule has 1 heterocycles. The first kappa shape index (κ1) is 11.7. The number of anilines is 1. The van der Waals surface area contributed by atoms with Gasteiger partial charge in [-0.1, -0.05) is 18.2 Å². The smallest absolute Gasteiger partial charge is 0.125 e. The average Bonchev–Trinajstić information content (AvgIpc) is 2.68. The van der Waals surface area contributed by atoms with Gasteiger partial charge in [-0.2, -0.15) is 0 Å². The molecule has 3 rings (SSSR count). The third-order valence-corrected chi connectivity index (χ3v) is 3.34. The van der Waals surface area contributed by atoms with Crippen LogP contribution in [0.2, 0.25) is 0 Å². The van der Waals surface area contributed by atoms with Gasteiger partial charge < -0.3 is 10.3 Å². The average molecular weight is 255 g/mol. The number of imidazole rings is 1. The van der Waals surface area contributed by atoms with E-state index in [1.165, 1.54) is 12.1 Å². The van der Waals surface area contributed by atoms with Crippen molar-refractivity contribution in [3.8, 4) is 0 Å². The lowest BCUT2D eigenvalue weighted by Gasteiger charge is -2.05. The monoisotopic (exact) mass is 255 g/mol. The van der Waals surface area contributed by atoms with Gasteiger partial charge in [0.15, 0.2) is 0 Å². The number of nitrogen functional groups attached to an aromatic ring is 1. The van der Waals surface area contributed by atoms with Gasteiger partial charge in [-0.05, 0) is 23.8 Å². The fourth-order valence-electron chi connectivity index (χ4n) is 2.25. The lowest BCUT2D eigenvalue weighted by atomic mass is 10.1. The Hall–Kier alpha value is -2.36. The molecule has 19 heavy (non-hydrogen) atoms. The highest BCUT2D eigenvalue weighted by atomic mass is 19.1. The summed E-state index contributed by atoms with van der Waals surface area (Å²) in [5.74, 6) is 0.606. The van der Waals surface area contributed by atoms with Crippen LogP contribution >= 0.6 is 0 Å². The van der Waals surface area contributed by atoms with Gasteiger partial charge in [0.1, 0.15) is 11.6 Å². The maximum absolute atomic E-state index is 13.2. The molecule has 4 heteroatoms. The molecule has 0 atom stereocenters. The number of halogens is 1. The second-order valence-electron chi connectivity index (χ2n) is 4.60. The molecule has 0 saturated heterocycles. The zero-order valence-corrected chi connectivity index (χ0v) is 10.6. The third kappa shape index (κ3) is 2.05. The van der Waals surface area contributed by atoms with Crippen LogP contribution in [-0.4, -0.2) is 9.55 Å². The SMILES string of the molecule is Cn1c(Cc2ccccc2N)nc2cc(F)ccc21. The van der Waals surface area contributed by atoms with E-state index in [1.54, 1.807) is 6.07 Å². The van der Waals surface area contributed by atoms with Crippen LogP contribution in [0.5, 0.6) is 0 Å². The van der Waals surface area contributed by atoms with E-state index < -0.39 is 0 Å². The van der Waals surface area contributed by atoms with Gasteiger partial charge >= 0.3 is 0 Å². The van der Waals surface area contributed by atoms with Crippen LogP contribution in [0.25, 0.3) is 11.0 Å². The van der Waals surface area contributed by atoms with E-state index in [-0.39, 0.29) is 5.82 Å². The summed E-state index contributed by atoms with van der Waals surface area (Å²) in [4.78, 5) is 4.48. The summed E-state index contributed by atoms with van der Waals surface area (Å²) in [6, 6.07) is 12.4. The maximum Gasteiger partial charge on any atom is 0.125 e. The van der Waals surface area contributed by atoms with Gasteiger partial charge in [0, 0.05) is 25.2 Å². The Balaban J connectivity index is 2.06. The summed E-state index contributed by atoms with van der Waals surface area (Å²) in [7, 11) is 1.93. The summed E-state index contributed by atoms with van der Waals surface area (Å²) in [5.41, 5.74) is 9.31. The number of aryl methyl sites for hydroxylation is 1. The molecule has 0 saturated carbocycles. The number of rotatable bonds is 2. The fourth-order valence-corrected chi connectivity index (χ4v) is 2.25. The zero-order valence-electron chi connectivity index (χ0n) is 10.6. The van der Waals surface area contributed by atoms with E-state index in [9.17, 15) is 4.39 Å². The molecular formula is C15H14FN3. The zero-order chi connectivity index (χ0) is 13.4. The summed E-state index contributed by atoms with van der Waals surface area (Å²) < 4.78 is 15.2. The van der Waals surface area contributed by atoms with Gasteiger partial charge in [0.25, 0.3) is 0 Å². The Bertz CT molecular complexity index is 746. The molecule has 0 amide bonds. The summed E-state index contributed by atoms with van der Waals surface area (Å²) in [6.07, 6.45) is 0.638. The Labute approximate surface area is 110 Å². The van der Waals surface area contributed by atoms with Crippen LogP contribution in [0.3, 0.4) is 0 Å². The lowest BCUT2D eigenvalue weighted by molar-refractivity contribution is 0.629. The van der Waals surface area contributed by atoms with Crippen LogP contribution < -0.4 is 5.73 Å². The van der Waals surface area contributed by atoms with Crippen LogP contribution in [0, 0.1) is 5.82 Å². The lowest BCUT2D eigenvalue weighted by Crippen LogP contribution is -2.01. The number of nitrogens with zero attached hydrogens (tertiary/aromatic N) is 2. The predicted octanol–water partition coefficient (Wildman–Crippen LogP) is 2.89. The van der Waals surface area contributed by atoms with Crippen molar-refractivity contribution in [1.82, 2.24) is 9.55 Å². The number of aromatic nitrogens is 2. The number of hydrogen-bond donors (Lipinski definition) is 1. The molecule has 0 spiro atoms. The maximum atomic E-state index is 13.2. The first-order chi connectivity index (χ1) is 9.15. The molecule has 0 aliphatic carbocycles. The van der Waals surface area contributed by atoms with Crippen molar-refractivity contribution < 1.29 is 4.39 Å². The van der Waals surface area contributed by atoms with E-state index in [0.29, 0.717) is 11.9 Å². The van der Waals surface area contributed by atoms with E-state index in [1.807, 2.05) is 35.9 Å². The summed E-state index contributed by atoms with van der Waals surface area (Å²) in [5, 5.41) is 0. The molecule has 0 bridgehead atoms. The van der Waals surface area contributed by atoms with E-state index in [4.69, 9.17) is 5.73 Å². The number of hydrogen-bond acceptors (Lipinski definition) is 2. The fraction of sp³-hybridized carbons (Fsp3) is 0.133. The minimum absolute atomic E-state index is 0.267. The van der Waals surface area contributed by atoms with Gasteiger partial charge in [-0.15, -0.1) is 0 Å². The minimum Gasteiger partial charge on any atom is -0.398 e. The molecule has 2 N–H and O–H groups in total. The highest BCUT2D eigenvalue weighted by Crippen LogP contribution is 2.20. The molecule has 0 unspecified atom stereocenters. The van der Waals surface area contributed by atoms with Gasteiger partial charge in [0.2, 0.25) is 0 Å². The van der Waals surface area contributed by atoms with Gasteiger partial charge in [-0.25, -0.2) is 9.37 Å². The molecule has 2 aromatic carbocycles. The topological polar surface area (TPSA) is 43.8 Å². The van der Waals surface area contributed by atoms with Crippen molar-refractivity contribution >= 4 is 16.7 Å². The Morgan fingerprint density at radius 2 is 2.00 bits per heavy atom. The summed E-state index contributed by atoms with van der Waals surface area (Å²) in [6.45, 7) is 0. The van der Waals surface area contributed by atoms with Gasteiger partial charge in [0.05, 0.1) is 11.0 Å². The first-order valence-corrected chi connectivity index (χ1v) is 6.09. The van der Waals surface area contributed by atoms with Crippen molar-refractivity contribution in [3.05, 3.63) is 59.7 Å². The molecule has 0 fully saturated rings. The van der Waals surface area contributed by atoms with Crippen LogP contribution in [0.1, 0.15) is 11.4 Å². The number of para-hydroxylation sites is 1. The van der Waals surface area contributed by atoms with Crippen molar-refractivity contribution in [2.45, 2.75) is 6.42 Å². The second kappa shape index (κ2) is 4.39. The Morgan fingerprint density at radius 1 is 1.21 bits per heavy atom. The van der Waals surface area contributed by atoms with Crippen molar-refractivity contribution in [2.75, 3.05) is 5.73 Å². The van der Waals surface area contributed by atoms with Crippen LogP contribution in [-0.2, 0) is 13.5 Å². The minimum atomic E-state index is -0.267. The second-order valence-corrected chi connectivity index (χ2v) is 4.60. The quantitative estimate of drug-likeness (QED) is 0.715. The molecular weight excluding hydrogens is 241 g/mol. The van der Waals surface area contributed by atoms with Crippen LogP contribution in [0.15, 0.2) is 42.5 Å². The normalized spacial score (nSPS) is 11.1. The molecule has 1 aromatic heterocycles. The predicted molar refractivity (Wildman–Crippen MR) is 74.3 cm³/mol. The van der Waals surface area contributed by atoms with E-state index in [0.717, 1.165) is 22.6 Å². The standard InChI is InChI=1S/C15H14FN3/c1-19-14-7-6-11(16)9-13(14)18-15(19)8-10-4-2-3-5-12(10)17/h2-7,9H,8,17H2,1H3.